The Morgan fingerprint density at radius 1 is 1.20 bits per heavy atom. The first kappa shape index (κ1) is 14.7. The number of hydrogen-bond donors (Lipinski definition) is 1. The third kappa shape index (κ3) is 3.07. The molecule has 4 heteroatoms. The van der Waals surface area contributed by atoms with Gasteiger partial charge in [-0.15, -0.1) is 0 Å². The van der Waals surface area contributed by atoms with Crippen LogP contribution in [0.1, 0.15) is 24.1 Å². The maximum absolute atomic E-state index is 13.9. The third-order valence-electron chi connectivity index (χ3n) is 3.45. The standard InChI is InChI=1S/C16H22FN3/c1-11-8-15(20(2)3)14-10-13(17)9-12(16(14)19-11)6-4-5-7-18/h8-10H,4-7,18H2,1-3H3. The Hall–Kier alpha value is -1.68. The van der Waals surface area contributed by atoms with Crippen molar-refractivity contribution in [3.63, 3.8) is 0 Å². The van der Waals surface area contributed by atoms with Crippen LogP contribution in [0.3, 0.4) is 0 Å². The Balaban J connectivity index is 2.57. The number of halogens is 1. The smallest absolute Gasteiger partial charge is 0.124 e. The Kier molecular flexibility index (Phi) is 4.55. The highest BCUT2D eigenvalue weighted by Gasteiger charge is 2.11. The molecule has 0 aliphatic carbocycles. The number of hydrogen-bond acceptors (Lipinski definition) is 3. The van der Waals surface area contributed by atoms with Gasteiger partial charge in [-0.1, -0.05) is 0 Å². The first-order valence-electron chi connectivity index (χ1n) is 7.00. The molecule has 0 bridgehead atoms. The summed E-state index contributed by atoms with van der Waals surface area (Å²) in [4.78, 5) is 6.61. The molecule has 0 saturated heterocycles. The summed E-state index contributed by atoms with van der Waals surface area (Å²) in [6.07, 6.45) is 2.72. The third-order valence-corrected chi connectivity index (χ3v) is 3.45. The summed E-state index contributed by atoms with van der Waals surface area (Å²) < 4.78 is 13.9. The lowest BCUT2D eigenvalue weighted by Crippen LogP contribution is -2.10. The van der Waals surface area contributed by atoms with Gasteiger partial charge in [0.1, 0.15) is 5.82 Å². The summed E-state index contributed by atoms with van der Waals surface area (Å²) in [7, 11) is 3.93. The maximum Gasteiger partial charge on any atom is 0.124 e. The minimum atomic E-state index is -0.200. The molecule has 0 atom stereocenters. The van der Waals surface area contributed by atoms with E-state index in [0.717, 1.165) is 47.1 Å². The minimum Gasteiger partial charge on any atom is -0.377 e. The van der Waals surface area contributed by atoms with Crippen molar-refractivity contribution in [2.75, 3.05) is 25.5 Å². The molecule has 108 valence electrons. The van der Waals surface area contributed by atoms with Crippen molar-refractivity contribution in [1.82, 2.24) is 4.98 Å². The number of aryl methyl sites for hydroxylation is 2. The zero-order valence-electron chi connectivity index (χ0n) is 12.4. The van der Waals surface area contributed by atoms with Gasteiger partial charge in [-0.05, 0) is 56.5 Å². The number of nitrogens with two attached hydrogens (primary N) is 1. The van der Waals surface area contributed by atoms with Crippen LogP contribution in [0.4, 0.5) is 10.1 Å². The fourth-order valence-corrected chi connectivity index (χ4v) is 2.49. The molecule has 2 aromatic rings. The van der Waals surface area contributed by atoms with Crippen molar-refractivity contribution in [2.45, 2.75) is 26.2 Å². The minimum absolute atomic E-state index is 0.200. The Labute approximate surface area is 119 Å². The van der Waals surface area contributed by atoms with Crippen molar-refractivity contribution in [3.05, 3.63) is 35.3 Å². The van der Waals surface area contributed by atoms with E-state index < -0.39 is 0 Å². The van der Waals surface area contributed by atoms with Crippen LogP contribution in [0.2, 0.25) is 0 Å². The van der Waals surface area contributed by atoms with E-state index in [4.69, 9.17) is 5.73 Å². The molecule has 1 heterocycles. The van der Waals surface area contributed by atoms with E-state index in [0.29, 0.717) is 6.54 Å². The predicted molar refractivity (Wildman–Crippen MR) is 82.8 cm³/mol. The second-order valence-electron chi connectivity index (χ2n) is 5.38. The lowest BCUT2D eigenvalue weighted by atomic mass is 10.0. The number of anilines is 1. The molecule has 0 spiro atoms. The van der Waals surface area contributed by atoms with Gasteiger partial charge in [-0.3, -0.25) is 4.98 Å². The number of pyridine rings is 1. The molecule has 1 aromatic heterocycles. The van der Waals surface area contributed by atoms with Crippen LogP contribution in [-0.4, -0.2) is 25.6 Å². The lowest BCUT2D eigenvalue weighted by Gasteiger charge is -2.17. The number of aromatic nitrogens is 1. The average Bonchev–Trinajstić information content (AvgIpc) is 2.38. The van der Waals surface area contributed by atoms with Crippen molar-refractivity contribution in [1.29, 1.82) is 0 Å². The van der Waals surface area contributed by atoms with E-state index in [1.54, 1.807) is 12.1 Å². The average molecular weight is 275 g/mol. The summed E-state index contributed by atoms with van der Waals surface area (Å²) in [5.41, 5.74) is 9.37. The summed E-state index contributed by atoms with van der Waals surface area (Å²) >= 11 is 0. The summed E-state index contributed by atoms with van der Waals surface area (Å²) in [6, 6.07) is 5.17. The molecule has 0 saturated carbocycles. The van der Waals surface area contributed by atoms with Crippen LogP contribution in [0.15, 0.2) is 18.2 Å². The van der Waals surface area contributed by atoms with Gasteiger partial charge in [0, 0.05) is 30.9 Å². The quantitative estimate of drug-likeness (QED) is 0.853. The molecule has 20 heavy (non-hydrogen) atoms. The number of fused-ring (bicyclic) bond motifs is 1. The van der Waals surface area contributed by atoms with Gasteiger partial charge in [0.15, 0.2) is 0 Å². The van der Waals surface area contributed by atoms with E-state index in [-0.39, 0.29) is 5.82 Å². The van der Waals surface area contributed by atoms with Gasteiger partial charge in [0.05, 0.1) is 5.52 Å². The van der Waals surface area contributed by atoms with Crippen LogP contribution in [-0.2, 0) is 6.42 Å². The molecule has 2 N–H and O–H groups in total. The molecule has 0 radical (unpaired) electrons. The molecule has 0 aliphatic heterocycles. The highest BCUT2D eigenvalue weighted by molar-refractivity contribution is 5.93. The maximum atomic E-state index is 13.9. The van der Waals surface area contributed by atoms with Crippen molar-refractivity contribution in [3.8, 4) is 0 Å². The summed E-state index contributed by atoms with van der Waals surface area (Å²) in [6.45, 7) is 2.64. The molecule has 0 unspecified atom stereocenters. The van der Waals surface area contributed by atoms with Crippen LogP contribution in [0, 0.1) is 12.7 Å². The molecule has 0 amide bonds. The fourth-order valence-electron chi connectivity index (χ4n) is 2.49. The van der Waals surface area contributed by atoms with Crippen LogP contribution in [0.25, 0.3) is 10.9 Å². The zero-order chi connectivity index (χ0) is 14.7. The van der Waals surface area contributed by atoms with E-state index in [2.05, 4.69) is 4.98 Å². The lowest BCUT2D eigenvalue weighted by molar-refractivity contribution is 0.626. The summed E-state index contributed by atoms with van der Waals surface area (Å²) in [5, 5.41) is 0.878. The Bertz CT molecular complexity index is 608. The zero-order valence-corrected chi connectivity index (χ0v) is 12.4. The Morgan fingerprint density at radius 2 is 1.95 bits per heavy atom. The summed E-state index contributed by atoms with van der Waals surface area (Å²) in [5.74, 6) is -0.200. The molecule has 0 aliphatic rings. The van der Waals surface area contributed by atoms with Gasteiger partial charge >= 0.3 is 0 Å². The van der Waals surface area contributed by atoms with E-state index in [1.807, 2.05) is 32.0 Å². The highest BCUT2D eigenvalue weighted by atomic mass is 19.1. The number of benzene rings is 1. The molecular weight excluding hydrogens is 253 g/mol. The van der Waals surface area contributed by atoms with Gasteiger partial charge in [0.25, 0.3) is 0 Å². The predicted octanol–water partition coefficient (Wildman–Crippen LogP) is 3.03. The topological polar surface area (TPSA) is 42.1 Å². The van der Waals surface area contributed by atoms with Gasteiger partial charge < -0.3 is 10.6 Å². The van der Waals surface area contributed by atoms with Crippen molar-refractivity contribution < 1.29 is 4.39 Å². The largest absolute Gasteiger partial charge is 0.377 e. The normalized spacial score (nSPS) is 11.1. The Morgan fingerprint density at radius 3 is 2.60 bits per heavy atom. The van der Waals surface area contributed by atoms with Gasteiger partial charge in [0.2, 0.25) is 0 Å². The number of nitrogens with zero attached hydrogens (tertiary/aromatic N) is 2. The van der Waals surface area contributed by atoms with Crippen LogP contribution in [0.5, 0.6) is 0 Å². The van der Waals surface area contributed by atoms with Gasteiger partial charge in [-0.25, -0.2) is 4.39 Å². The number of rotatable bonds is 5. The first-order chi connectivity index (χ1) is 9.52. The fraction of sp³-hybridized carbons (Fsp3) is 0.438. The van der Waals surface area contributed by atoms with E-state index in [1.165, 1.54) is 0 Å². The number of unbranched alkanes of at least 4 members (excludes halogenated alkanes) is 1. The first-order valence-corrected chi connectivity index (χ1v) is 7.00. The highest BCUT2D eigenvalue weighted by Crippen LogP contribution is 2.29. The molecular formula is C16H22FN3. The molecule has 0 fully saturated rings. The van der Waals surface area contributed by atoms with E-state index >= 15 is 0 Å². The van der Waals surface area contributed by atoms with Gasteiger partial charge in [-0.2, -0.15) is 0 Å². The SMILES string of the molecule is Cc1cc(N(C)C)c2cc(F)cc(CCCCN)c2n1. The van der Waals surface area contributed by atoms with Crippen LogP contribution >= 0.6 is 0 Å². The van der Waals surface area contributed by atoms with Crippen molar-refractivity contribution in [2.24, 2.45) is 5.73 Å². The second kappa shape index (κ2) is 6.18. The van der Waals surface area contributed by atoms with Crippen LogP contribution < -0.4 is 10.6 Å². The molecule has 3 nitrogen and oxygen atoms in total. The molecule has 1 aromatic carbocycles. The molecule has 2 rings (SSSR count). The van der Waals surface area contributed by atoms with E-state index in [9.17, 15) is 4.39 Å². The van der Waals surface area contributed by atoms with Crippen molar-refractivity contribution >= 4 is 16.6 Å². The monoisotopic (exact) mass is 275 g/mol. The second-order valence-corrected chi connectivity index (χ2v) is 5.38.